The second-order valence-electron chi connectivity index (χ2n) is 4.26. The Kier molecular flexibility index (Phi) is 3.50. The minimum Gasteiger partial charge on any atom is -0.332 e. The smallest absolute Gasteiger partial charge is 0.260 e. The molecule has 0 amide bonds. The van der Waals surface area contributed by atoms with E-state index in [0.717, 1.165) is 19.5 Å². The zero-order chi connectivity index (χ0) is 12.5. The second kappa shape index (κ2) is 4.75. The van der Waals surface area contributed by atoms with Gasteiger partial charge in [-0.15, -0.1) is 0 Å². The number of aromatic amines is 1. The van der Waals surface area contributed by atoms with Gasteiger partial charge in [0.15, 0.2) is 5.03 Å². The maximum atomic E-state index is 12.4. The second-order valence-corrected chi connectivity index (χ2v) is 6.12. The molecule has 1 aromatic heterocycles. The first-order chi connectivity index (χ1) is 8.05. The van der Waals surface area contributed by atoms with Gasteiger partial charge in [0.1, 0.15) is 5.82 Å². The lowest BCUT2D eigenvalue weighted by Crippen LogP contribution is -2.58. The van der Waals surface area contributed by atoms with E-state index in [4.69, 9.17) is 0 Å². The van der Waals surface area contributed by atoms with E-state index in [1.807, 2.05) is 6.92 Å². The Hall–Kier alpha value is -0.920. The van der Waals surface area contributed by atoms with Crippen molar-refractivity contribution in [1.82, 2.24) is 19.6 Å². The molecule has 0 radical (unpaired) electrons. The maximum Gasteiger partial charge on any atom is 0.260 e. The first-order valence-corrected chi connectivity index (χ1v) is 7.24. The standard InChI is InChI=1S/C10H18N4O2S/c1-3-4-14(9-5-11-6-9)17(15,16)10-7-12-8(2)13-10/h7,9,11H,3-6H2,1-2H3,(H,12,13). The van der Waals surface area contributed by atoms with Gasteiger partial charge in [0.25, 0.3) is 10.0 Å². The maximum absolute atomic E-state index is 12.4. The zero-order valence-corrected chi connectivity index (χ0v) is 10.9. The summed E-state index contributed by atoms with van der Waals surface area (Å²) in [6, 6.07) is 0.0727. The summed E-state index contributed by atoms with van der Waals surface area (Å²) in [6.07, 6.45) is 2.20. The first-order valence-electron chi connectivity index (χ1n) is 5.80. The summed E-state index contributed by atoms with van der Waals surface area (Å²) < 4.78 is 26.4. The number of nitrogens with one attached hydrogen (secondary N) is 2. The van der Waals surface area contributed by atoms with E-state index in [-0.39, 0.29) is 11.1 Å². The number of hydrogen-bond donors (Lipinski definition) is 2. The summed E-state index contributed by atoms with van der Waals surface area (Å²) in [5.74, 6) is 0.617. The molecule has 1 aliphatic heterocycles. The Balaban J connectivity index is 2.27. The lowest BCUT2D eigenvalue weighted by molar-refractivity contribution is 0.241. The third-order valence-corrected chi connectivity index (χ3v) is 4.74. The molecule has 1 fully saturated rings. The topological polar surface area (TPSA) is 78.1 Å². The van der Waals surface area contributed by atoms with Crippen molar-refractivity contribution in [2.45, 2.75) is 31.3 Å². The van der Waals surface area contributed by atoms with Crippen LogP contribution >= 0.6 is 0 Å². The van der Waals surface area contributed by atoms with E-state index < -0.39 is 10.0 Å². The third-order valence-electron chi connectivity index (χ3n) is 2.88. The van der Waals surface area contributed by atoms with Gasteiger partial charge in [-0.1, -0.05) is 6.92 Å². The molecule has 1 aliphatic rings. The third kappa shape index (κ3) is 2.36. The van der Waals surface area contributed by atoms with Crippen LogP contribution < -0.4 is 5.32 Å². The molecular weight excluding hydrogens is 240 g/mol. The molecule has 17 heavy (non-hydrogen) atoms. The van der Waals surface area contributed by atoms with Crippen LogP contribution in [0.15, 0.2) is 11.2 Å². The van der Waals surface area contributed by atoms with Crippen molar-refractivity contribution in [2.75, 3.05) is 19.6 Å². The van der Waals surface area contributed by atoms with E-state index >= 15 is 0 Å². The molecule has 1 aromatic rings. The summed E-state index contributed by atoms with van der Waals surface area (Å²) in [4.78, 5) is 6.75. The molecule has 0 unspecified atom stereocenters. The molecule has 6 nitrogen and oxygen atoms in total. The van der Waals surface area contributed by atoms with Crippen LogP contribution in [0, 0.1) is 6.92 Å². The predicted molar refractivity (Wildman–Crippen MR) is 64.2 cm³/mol. The van der Waals surface area contributed by atoms with Crippen LogP contribution in [-0.2, 0) is 10.0 Å². The normalized spacial score (nSPS) is 17.4. The zero-order valence-electron chi connectivity index (χ0n) is 10.1. The van der Waals surface area contributed by atoms with Crippen molar-refractivity contribution < 1.29 is 8.42 Å². The molecule has 1 saturated heterocycles. The highest BCUT2D eigenvalue weighted by Gasteiger charge is 2.35. The fourth-order valence-corrected chi connectivity index (χ4v) is 3.53. The van der Waals surface area contributed by atoms with Gasteiger partial charge in [-0.05, 0) is 13.3 Å². The van der Waals surface area contributed by atoms with Crippen LogP contribution in [-0.4, -0.2) is 48.4 Å². The predicted octanol–water partition coefficient (Wildman–Crippen LogP) is 0.0906. The lowest BCUT2D eigenvalue weighted by Gasteiger charge is -2.36. The van der Waals surface area contributed by atoms with Crippen LogP contribution in [0.25, 0.3) is 0 Å². The molecule has 0 bridgehead atoms. The molecule has 0 aliphatic carbocycles. The van der Waals surface area contributed by atoms with Crippen LogP contribution in [0.1, 0.15) is 19.2 Å². The van der Waals surface area contributed by atoms with Crippen molar-refractivity contribution in [3.8, 4) is 0 Å². The van der Waals surface area contributed by atoms with Crippen molar-refractivity contribution in [3.63, 3.8) is 0 Å². The minimum absolute atomic E-state index is 0.0727. The SMILES string of the molecule is CCCN(C1CNC1)S(=O)(=O)c1cnc(C)[nH]1. The van der Waals surface area contributed by atoms with Gasteiger partial charge in [-0.25, -0.2) is 13.4 Å². The van der Waals surface area contributed by atoms with Crippen molar-refractivity contribution >= 4 is 10.0 Å². The lowest BCUT2D eigenvalue weighted by atomic mass is 10.2. The molecule has 7 heteroatoms. The van der Waals surface area contributed by atoms with Gasteiger partial charge in [-0.3, -0.25) is 0 Å². The fraction of sp³-hybridized carbons (Fsp3) is 0.700. The largest absolute Gasteiger partial charge is 0.332 e. The number of aryl methyl sites for hydroxylation is 1. The number of hydrogen-bond acceptors (Lipinski definition) is 4. The van der Waals surface area contributed by atoms with E-state index in [1.165, 1.54) is 6.20 Å². The Labute approximate surface area is 101 Å². The van der Waals surface area contributed by atoms with E-state index in [2.05, 4.69) is 15.3 Å². The molecule has 2 N–H and O–H groups in total. The number of rotatable bonds is 5. The van der Waals surface area contributed by atoms with Gasteiger partial charge in [0, 0.05) is 19.6 Å². The summed E-state index contributed by atoms with van der Waals surface area (Å²) in [5, 5.41) is 3.29. The quantitative estimate of drug-likeness (QED) is 0.784. The molecule has 0 aromatic carbocycles. The number of sulfonamides is 1. The van der Waals surface area contributed by atoms with Crippen LogP contribution in [0.4, 0.5) is 0 Å². The van der Waals surface area contributed by atoms with Gasteiger partial charge < -0.3 is 10.3 Å². The Morgan fingerprint density at radius 1 is 1.53 bits per heavy atom. The number of nitrogens with zero attached hydrogens (tertiary/aromatic N) is 2. The minimum atomic E-state index is -3.43. The molecule has 0 atom stereocenters. The molecular formula is C10H18N4O2S. The van der Waals surface area contributed by atoms with Crippen LogP contribution in [0.2, 0.25) is 0 Å². The van der Waals surface area contributed by atoms with Gasteiger partial charge >= 0.3 is 0 Å². The highest BCUT2D eigenvalue weighted by Crippen LogP contribution is 2.18. The number of imidazole rings is 1. The number of H-pyrrole nitrogens is 1. The summed E-state index contributed by atoms with van der Waals surface area (Å²) >= 11 is 0. The average molecular weight is 258 g/mol. The molecule has 96 valence electrons. The van der Waals surface area contributed by atoms with Crippen molar-refractivity contribution in [3.05, 3.63) is 12.0 Å². The van der Waals surface area contributed by atoms with E-state index in [9.17, 15) is 8.42 Å². The van der Waals surface area contributed by atoms with Gasteiger partial charge in [0.05, 0.1) is 12.2 Å². The first kappa shape index (κ1) is 12.5. The Morgan fingerprint density at radius 3 is 2.65 bits per heavy atom. The average Bonchev–Trinajstić information content (AvgIpc) is 2.62. The molecule has 2 heterocycles. The van der Waals surface area contributed by atoms with Gasteiger partial charge in [0.2, 0.25) is 0 Å². The van der Waals surface area contributed by atoms with Crippen LogP contribution in [0.5, 0.6) is 0 Å². The van der Waals surface area contributed by atoms with Crippen molar-refractivity contribution in [2.24, 2.45) is 0 Å². The molecule has 2 rings (SSSR count). The summed E-state index contributed by atoms with van der Waals surface area (Å²) in [7, 11) is -3.43. The Bertz CT molecular complexity index is 478. The van der Waals surface area contributed by atoms with E-state index in [0.29, 0.717) is 12.4 Å². The molecule has 0 saturated carbocycles. The monoisotopic (exact) mass is 258 g/mol. The summed E-state index contributed by atoms with van der Waals surface area (Å²) in [5.41, 5.74) is 0. The highest BCUT2D eigenvalue weighted by molar-refractivity contribution is 7.89. The highest BCUT2D eigenvalue weighted by atomic mass is 32.2. The van der Waals surface area contributed by atoms with Crippen LogP contribution in [0.3, 0.4) is 0 Å². The van der Waals surface area contributed by atoms with E-state index in [1.54, 1.807) is 11.2 Å². The van der Waals surface area contributed by atoms with Crippen molar-refractivity contribution in [1.29, 1.82) is 0 Å². The summed E-state index contributed by atoms with van der Waals surface area (Å²) in [6.45, 7) is 5.73. The van der Waals surface area contributed by atoms with Gasteiger partial charge in [-0.2, -0.15) is 4.31 Å². The molecule has 0 spiro atoms. The number of aromatic nitrogens is 2. The Morgan fingerprint density at radius 2 is 2.24 bits per heavy atom. The fourth-order valence-electron chi connectivity index (χ4n) is 1.85.